The molecule has 1 aliphatic heterocycles. The molecule has 1 aromatic heterocycles. The third-order valence-corrected chi connectivity index (χ3v) is 5.57. The summed E-state index contributed by atoms with van der Waals surface area (Å²) < 4.78 is 5.13. The van der Waals surface area contributed by atoms with Gasteiger partial charge in [-0.3, -0.25) is 14.5 Å². The van der Waals surface area contributed by atoms with Crippen molar-refractivity contribution in [3.63, 3.8) is 0 Å². The molecular weight excluding hydrogens is 441 g/mol. The lowest BCUT2D eigenvalue weighted by Gasteiger charge is -2.23. The molecule has 0 bridgehead atoms. The molecule has 1 saturated heterocycles. The molecule has 156 valence electrons. The predicted molar refractivity (Wildman–Crippen MR) is 116 cm³/mol. The number of ketones is 1. The zero-order valence-corrected chi connectivity index (χ0v) is 17.6. The molecule has 0 saturated carbocycles. The maximum atomic E-state index is 13.0. The number of carbonyl (C=O) groups is 2. The second-order valence-corrected chi connectivity index (χ2v) is 7.43. The van der Waals surface area contributed by atoms with Gasteiger partial charge in [-0.1, -0.05) is 29.3 Å². The Bertz CT molecular complexity index is 1200. The lowest BCUT2D eigenvalue weighted by molar-refractivity contribution is -0.132. The van der Waals surface area contributed by atoms with E-state index in [1.54, 1.807) is 42.5 Å². The van der Waals surface area contributed by atoms with E-state index in [2.05, 4.69) is 9.97 Å². The Labute approximate surface area is 187 Å². The first-order valence-corrected chi connectivity index (χ1v) is 9.85. The number of carbonyl (C=O) groups excluding carboxylic acids is 2. The SMILES string of the molecule is COc1ccc(/C(O)=C2\C(=O)C(=O)N(c3ncccn3)[C@@H]2c2ccc(Cl)c(Cl)c2)cc1. The summed E-state index contributed by atoms with van der Waals surface area (Å²) in [5, 5.41) is 11.6. The van der Waals surface area contributed by atoms with Gasteiger partial charge >= 0.3 is 5.91 Å². The molecule has 0 unspecified atom stereocenters. The maximum absolute atomic E-state index is 13.0. The van der Waals surface area contributed by atoms with E-state index in [-0.39, 0.29) is 22.3 Å². The van der Waals surface area contributed by atoms with Gasteiger partial charge in [0.1, 0.15) is 11.5 Å². The van der Waals surface area contributed by atoms with Gasteiger partial charge in [0.15, 0.2) is 0 Å². The first-order valence-electron chi connectivity index (χ1n) is 9.09. The summed E-state index contributed by atoms with van der Waals surface area (Å²) in [4.78, 5) is 35.3. The van der Waals surface area contributed by atoms with Crippen molar-refractivity contribution in [3.05, 3.63) is 87.7 Å². The van der Waals surface area contributed by atoms with Crippen molar-refractivity contribution in [1.82, 2.24) is 9.97 Å². The van der Waals surface area contributed by atoms with Gasteiger partial charge in [0.2, 0.25) is 5.95 Å². The first kappa shape index (κ1) is 20.8. The molecule has 4 rings (SSSR count). The number of amides is 1. The average molecular weight is 456 g/mol. The Balaban J connectivity index is 1.94. The van der Waals surface area contributed by atoms with Crippen LogP contribution in [0, 0.1) is 0 Å². The van der Waals surface area contributed by atoms with Gasteiger partial charge in [-0.05, 0) is 48.0 Å². The molecule has 1 N–H and O–H groups in total. The second kappa shape index (κ2) is 8.37. The number of anilines is 1. The van der Waals surface area contributed by atoms with Crippen molar-refractivity contribution in [2.24, 2.45) is 0 Å². The van der Waals surface area contributed by atoms with E-state index in [0.29, 0.717) is 21.9 Å². The second-order valence-electron chi connectivity index (χ2n) is 6.62. The number of aliphatic hydroxyl groups excluding tert-OH is 1. The first-order chi connectivity index (χ1) is 14.9. The highest BCUT2D eigenvalue weighted by atomic mass is 35.5. The summed E-state index contributed by atoms with van der Waals surface area (Å²) in [5.41, 5.74) is 0.704. The number of aliphatic hydroxyl groups is 1. The number of hydrogen-bond acceptors (Lipinski definition) is 6. The zero-order valence-electron chi connectivity index (χ0n) is 16.1. The van der Waals surface area contributed by atoms with Gasteiger partial charge in [-0.25, -0.2) is 9.97 Å². The number of ether oxygens (including phenoxy) is 1. The summed E-state index contributed by atoms with van der Waals surface area (Å²) in [6.07, 6.45) is 2.91. The van der Waals surface area contributed by atoms with Gasteiger partial charge in [0, 0.05) is 18.0 Å². The number of rotatable bonds is 4. The summed E-state index contributed by atoms with van der Waals surface area (Å²) in [5.74, 6) is -1.46. The summed E-state index contributed by atoms with van der Waals surface area (Å²) >= 11 is 12.2. The molecule has 1 fully saturated rings. The van der Waals surface area contributed by atoms with E-state index in [9.17, 15) is 14.7 Å². The Morgan fingerprint density at radius 1 is 1.03 bits per heavy atom. The van der Waals surface area contributed by atoms with E-state index < -0.39 is 17.7 Å². The number of halogens is 2. The molecule has 31 heavy (non-hydrogen) atoms. The molecule has 0 radical (unpaired) electrons. The number of methoxy groups -OCH3 is 1. The predicted octanol–water partition coefficient (Wildman–Crippen LogP) is 4.42. The molecular formula is C22H15Cl2N3O4. The minimum Gasteiger partial charge on any atom is -0.507 e. The smallest absolute Gasteiger partial charge is 0.302 e. The van der Waals surface area contributed by atoms with E-state index in [4.69, 9.17) is 27.9 Å². The van der Waals surface area contributed by atoms with Crippen LogP contribution in [0.15, 0.2) is 66.5 Å². The Kier molecular flexibility index (Phi) is 5.63. The number of hydrogen-bond donors (Lipinski definition) is 1. The number of nitrogens with zero attached hydrogens (tertiary/aromatic N) is 3. The van der Waals surface area contributed by atoms with E-state index in [1.165, 1.54) is 25.6 Å². The molecule has 1 atom stereocenters. The van der Waals surface area contributed by atoms with E-state index in [1.807, 2.05) is 0 Å². The summed E-state index contributed by atoms with van der Waals surface area (Å²) in [6.45, 7) is 0. The van der Waals surface area contributed by atoms with Crippen LogP contribution in [0.1, 0.15) is 17.2 Å². The molecule has 1 aliphatic rings. The molecule has 1 amide bonds. The molecule has 0 aliphatic carbocycles. The summed E-state index contributed by atoms with van der Waals surface area (Å²) in [7, 11) is 1.52. The lowest BCUT2D eigenvalue weighted by Crippen LogP contribution is -2.31. The van der Waals surface area contributed by atoms with Crippen LogP contribution in [0.25, 0.3) is 5.76 Å². The fourth-order valence-electron chi connectivity index (χ4n) is 3.36. The summed E-state index contributed by atoms with van der Waals surface area (Å²) in [6, 6.07) is 11.8. The van der Waals surface area contributed by atoms with Gasteiger partial charge in [0.25, 0.3) is 5.78 Å². The van der Waals surface area contributed by atoms with Crippen molar-refractivity contribution >= 4 is 46.6 Å². The van der Waals surface area contributed by atoms with E-state index >= 15 is 0 Å². The van der Waals surface area contributed by atoms with Crippen LogP contribution in [-0.4, -0.2) is 33.9 Å². The topological polar surface area (TPSA) is 92.6 Å². The van der Waals surface area contributed by atoms with Crippen molar-refractivity contribution in [1.29, 1.82) is 0 Å². The Morgan fingerprint density at radius 3 is 2.32 bits per heavy atom. The van der Waals surface area contributed by atoms with Gasteiger partial charge in [0.05, 0.1) is 28.8 Å². The van der Waals surface area contributed by atoms with Crippen LogP contribution < -0.4 is 9.64 Å². The fraction of sp³-hybridized carbons (Fsp3) is 0.0909. The highest BCUT2D eigenvalue weighted by Gasteiger charge is 2.48. The van der Waals surface area contributed by atoms with Crippen molar-refractivity contribution < 1.29 is 19.4 Å². The Hall–Kier alpha value is -3.42. The molecule has 7 nitrogen and oxygen atoms in total. The van der Waals surface area contributed by atoms with Crippen LogP contribution in [0.2, 0.25) is 10.0 Å². The van der Waals surface area contributed by atoms with Crippen LogP contribution in [-0.2, 0) is 9.59 Å². The van der Waals surface area contributed by atoms with Crippen molar-refractivity contribution in [3.8, 4) is 5.75 Å². The number of Topliss-reactive ketones (excluding diaryl/α,β-unsaturated/α-hetero) is 1. The third kappa shape index (κ3) is 3.73. The van der Waals surface area contributed by atoms with Crippen LogP contribution in [0.5, 0.6) is 5.75 Å². The normalized spacial score (nSPS) is 17.8. The van der Waals surface area contributed by atoms with Crippen LogP contribution in [0.4, 0.5) is 5.95 Å². The third-order valence-electron chi connectivity index (χ3n) is 4.83. The quantitative estimate of drug-likeness (QED) is 0.355. The minimum absolute atomic E-state index is 0.0226. The Morgan fingerprint density at radius 2 is 1.71 bits per heavy atom. The standard InChI is InChI=1S/C22H15Cl2N3O4/c1-31-14-6-3-12(4-7-14)19(28)17-18(13-5-8-15(23)16(24)11-13)27(21(30)20(17)29)22-25-9-2-10-26-22/h2-11,18,28H,1H3/b19-17+/t18-/m1/s1. The molecule has 2 aromatic carbocycles. The molecule has 2 heterocycles. The number of aromatic nitrogens is 2. The van der Waals surface area contributed by atoms with Crippen molar-refractivity contribution in [2.75, 3.05) is 12.0 Å². The van der Waals surface area contributed by atoms with Gasteiger partial charge in [-0.2, -0.15) is 0 Å². The highest BCUT2D eigenvalue weighted by Crippen LogP contribution is 2.42. The van der Waals surface area contributed by atoms with E-state index in [0.717, 1.165) is 4.90 Å². The zero-order chi connectivity index (χ0) is 22.1. The van der Waals surface area contributed by atoms with Crippen LogP contribution in [0.3, 0.4) is 0 Å². The fourth-order valence-corrected chi connectivity index (χ4v) is 3.66. The molecule has 0 spiro atoms. The lowest BCUT2D eigenvalue weighted by atomic mass is 9.95. The van der Waals surface area contributed by atoms with Gasteiger partial charge < -0.3 is 9.84 Å². The molecule has 3 aromatic rings. The highest BCUT2D eigenvalue weighted by molar-refractivity contribution is 6.51. The monoisotopic (exact) mass is 455 g/mol. The average Bonchev–Trinajstić information content (AvgIpc) is 3.06. The number of benzene rings is 2. The minimum atomic E-state index is -1.00. The van der Waals surface area contributed by atoms with Gasteiger partial charge in [-0.15, -0.1) is 0 Å². The van der Waals surface area contributed by atoms with Crippen molar-refractivity contribution in [2.45, 2.75) is 6.04 Å². The maximum Gasteiger partial charge on any atom is 0.302 e. The molecule has 9 heteroatoms. The van der Waals surface area contributed by atoms with Crippen LogP contribution >= 0.6 is 23.2 Å². The largest absolute Gasteiger partial charge is 0.507 e.